The third-order valence-corrected chi connectivity index (χ3v) is 6.34. The molecule has 0 aromatic carbocycles. The van der Waals surface area contributed by atoms with Crippen molar-refractivity contribution in [3.05, 3.63) is 29.6 Å². The van der Waals surface area contributed by atoms with Crippen molar-refractivity contribution in [2.75, 3.05) is 38.2 Å². The molecule has 0 bridgehead atoms. The number of aromatic nitrogens is 1. The largest absolute Gasteiger partial charge is 0.342 e. The van der Waals surface area contributed by atoms with E-state index in [-0.39, 0.29) is 0 Å². The molecule has 2 saturated heterocycles. The third kappa shape index (κ3) is 4.76. The highest BCUT2D eigenvalue weighted by Crippen LogP contribution is 2.39. The van der Waals surface area contributed by atoms with Crippen LogP contribution in [-0.2, 0) is 17.8 Å². The summed E-state index contributed by atoms with van der Waals surface area (Å²) in [6, 6.07) is 4.36. The number of nitrogens with zero attached hydrogens (tertiary/aromatic N) is 3. The molecule has 1 aromatic heterocycles. The van der Waals surface area contributed by atoms with Crippen LogP contribution in [-0.4, -0.2) is 58.9 Å². The van der Waals surface area contributed by atoms with Crippen LogP contribution < -0.4 is 0 Å². The van der Waals surface area contributed by atoms with E-state index in [9.17, 15) is 4.79 Å². The maximum Gasteiger partial charge on any atom is 0.223 e. The van der Waals surface area contributed by atoms with Crippen LogP contribution in [0.2, 0.25) is 0 Å². The van der Waals surface area contributed by atoms with E-state index in [0.717, 1.165) is 57.0 Å². The number of hydrogen-bond acceptors (Lipinski definition) is 4. The lowest BCUT2D eigenvalue weighted by atomic mass is 9.79. The first-order chi connectivity index (χ1) is 12.1. The van der Waals surface area contributed by atoms with Gasteiger partial charge >= 0.3 is 0 Å². The molecule has 0 saturated carbocycles. The molecule has 2 aliphatic rings. The van der Waals surface area contributed by atoms with E-state index in [4.69, 9.17) is 0 Å². The van der Waals surface area contributed by atoms with Crippen LogP contribution >= 0.6 is 11.8 Å². The van der Waals surface area contributed by atoms with Crippen LogP contribution in [0.1, 0.15) is 43.9 Å². The molecule has 0 radical (unpaired) electrons. The zero-order valence-corrected chi connectivity index (χ0v) is 16.5. The molecule has 5 heteroatoms. The van der Waals surface area contributed by atoms with Gasteiger partial charge in [0.15, 0.2) is 0 Å². The van der Waals surface area contributed by atoms with Gasteiger partial charge in [-0.25, -0.2) is 0 Å². The highest BCUT2D eigenvalue weighted by atomic mass is 32.2. The van der Waals surface area contributed by atoms with Gasteiger partial charge in [-0.15, -0.1) is 0 Å². The Hall–Kier alpha value is -1.07. The fraction of sp³-hybridized carbons (Fsp3) is 0.700. The number of carbonyl (C=O) groups is 1. The van der Waals surface area contributed by atoms with Crippen molar-refractivity contribution in [3.8, 4) is 0 Å². The molecule has 2 fully saturated rings. The topological polar surface area (TPSA) is 36.4 Å². The Morgan fingerprint density at radius 1 is 1.28 bits per heavy atom. The van der Waals surface area contributed by atoms with Gasteiger partial charge in [0, 0.05) is 50.0 Å². The summed E-state index contributed by atoms with van der Waals surface area (Å²) in [6.45, 7) is 7.25. The number of thioether (sulfide) groups is 1. The van der Waals surface area contributed by atoms with Crippen LogP contribution in [0.3, 0.4) is 0 Å². The van der Waals surface area contributed by atoms with Crippen molar-refractivity contribution in [1.82, 2.24) is 14.8 Å². The van der Waals surface area contributed by atoms with Gasteiger partial charge in [-0.2, -0.15) is 11.8 Å². The van der Waals surface area contributed by atoms with Crippen molar-refractivity contribution < 1.29 is 4.79 Å². The molecule has 1 atom stereocenters. The second kappa shape index (κ2) is 8.54. The Kier molecular flexibility index (Phi) is 6.39. The summed E-state index contributed by atoms with van der Waals surface area (Å²) in [5, 5.41) is 0. The fourth-order valence-corrected chi connectivity index (χ4v) is 4.63. The lowest BCUT2D eigenvalue weighted by molar-refractivity contribution is -0.134. The number of piperidine rings is 1. The zero-order chi connectivity index (χ0) is 17.7. The molecule has 1 aromatic rings. The number of rotatable bonds is 6. The van der Waals surface area contributed by atoms with Crippen molar-refractivity contribution in [2.24, 2.45) is 5.41 Å². The molecular formula is C20H31N3OS. The Balaban J connectivity index is 1.55. The van der Waals surface area contributed by atoms with E-state index in [1.165, 1.54) is 18.4 Å². The summed E-state index contributed by atoms with van der Waals surface area (Å²) in [5.41, 5.74) is 2.78. The molecule has 25 heavy (non-hydrogen) atoms. The standard InChI is InChI=1S/C20H31N3OS/c1-3-17-5-6-18(21-13-17)14-22-11-9-20(15-22)8-4-10-23(16-20)19(24)7-12-25-2/h5-6,13H,3-4,7-12,14-16H2,1-2H3/t20-/m1/s1. The lowest BCUT2D eigenvalue weighted by Gasteiger charge is -2.40. The van der Waals surface area contributed by atoms with Crippen molar-refractivity contribution in [3.63, 3.8) is 0 Å². The van der Waals surface area contributed by atoms with Gasteiger partial charge in [-0.05, 0) is 50.1 Å². The van der Waals surface area contributed by atoms with Crippen LogP contribution in [0.15, 0.2) is 18.3 Å². The van der Waals surface area contributed by atoms with E-state index in [1.54, 1.807) is 11.8 Å². The van der Waals surface area contributed by atoms with Gasteiger partial charge in [0.05, 0.1) is 5.69 Å². The second-order valence-electron chi connectivity index (χ2n) is 7.63. The van der Waals surface area contributed by atoms with Crippen LogP contribution in [0, 0.1) is 5.41 Å². The summed E-state index contributed by atoms with van der Waals surface area (Å²) in [4.78, 5) is 21.7. The highest BCUT2D eigenvalue weighted by molar-refractivity contribution is 7.98. The van der Waals surface area contributed by atoms with Crippen LogP contribution in [0.5, 0.6) is 0 Å². The minimum absolute atomic E-state index is 0.316. The summed E-state index contributed by atoms with van der Waals surface area (Å²) >= 11 is 1.76. The molecule has 2 aliphatic heterocycles. The first-order valence-electron chi connectivity index (χ1n) is 9.57. The van der Waals surface area contributed by atoms with E-state index in [0.29, 0.717) is 17.7 Å². The van der Waals surface area contributed by atoms with E-state index in [2.05, 4.69) is 40.1 Å². The Labute approximate surface area is 156 Å². The molecule has 3 heterocycles. The average Bonchev–Trinajstić information content (AvgIpc) is 3.02. The molecule has 0 unspecified atom stereocenters. The maximum atomic E-state index is 12.4. The van der Waals surface area contributed by atoms with Gasteiger partial charge in [-0.3, -0.25) is 14.7 Å². The Morgan fingerprint density at radius 3 is 2.88 bits per heavy atom. The molecule has 0 aliphatic carbocycles. The predicted octanol–water partition coefficient (Wildman–Crippen LogP) is 3.21. The fourth-order valence-electron chi connectivity index (χ4n) is 4.25. The zero-order valence-electron chi connectivity index (χ0n) is 15.7. The third-order valence-electron chi connectivity index (χ3n) is 5.73. The Morgan fingerprint density at radius 2 is 2.16 bits per heavy atom. The van der Waals surface area contributed by atoms with E-state index in [1.807, 2.05) is 6.20 Å². The van der Waals surface area contributed by atoms with Crippen molar-refractivity contribution in [2.45, 2.75) is 45.6 Å². The summed E-state index contributed by atoms with van der Waals surface area (Å²) in [5.74, 6) is 1.29. The maximum absolute atomic E-state index is 12.4. The Bertz CT molecular complexity index is 577. The molecule has 4 nitrogen and oxygen atoms in total. The van der Waals surface area contributed by atoms with E-state index >= 15 is 0 Å². The second-order valence-corrected chi connectivity index (χ2v) is 8.62. The highest BCUT2D eigenvalue weighted by Gasteiger charge is 2.42. The number of aryl methyl sites for hydroxylation is 1. The lowest BCUT2D eigenvalue weighted by Crippen LogP contribution is -2.47. The first-order valence-corrected chi connectivity index (χ1v) is 11.0. The number of carbonyl (C=O) groups excluding carboxylic acids is 1. The number of likely N-dealkylation sites (tertiary alicyclic amines) is 2. The summed E-state index contributed by atoms with van der Waals surface area (Å²) in [7, 11) is 0. The van der Waals surface area contributed by atoms with Crippen molar-refractivity contribution >= 4 is 17.7 Å². The first kappa shape index (κ1) is 18.7. The van der Waals surface area contributed by atoms with Gasteiger partial charge in [0.2, 0.25) is 5.91 Å². The quantitative estimate of drug-likeness (QED) is 0.780. The van der Waals surface area contributed by atoms with Crippen LogP contribution in [0.25, 0.3) is 0 Å². The van der Waals surface area contributed by atoms with Gasteiger partial charge in [-0.1, -0.05) is 13.0 Å². The van der Waals surface area contributed by atoms with Crippen LogP contribution in [0.4, 0.5) is 0 Å². The van der Waals surface area contributed by atoms with Gasteiger partial charge in [0.1, 0.15) is 0 Å². The number of amides is 1. The van der Waals surface area contributed by atoms with Gasteiger partial charge < -0.3 is 4.90 Å². The average molecular weight is 362 g/mol. The summed E-state index contributed by atoms with van der Waals surface area (Å²) < 4.78 is 0. The monoisotopic (exact) mass is 361 g/mol. The smallest absolute Gasteiger partial charge is 0.223 e. The molecule has 1 amide bonds. The molecule has 0 N–H and O–H groups in total. The molecule has 3 rings (SSSR count). The molecular weight excluding hydrogens is 330 g/mol. The number of hydrogen-bond donors (Lipinski definition) is 0. The van der Waals surface area contributed by atoms with E-state index < -0.39 is 0 Å². The predicted molar refractivity (Wildman–Crippen MR) is 105 cm³/mol. The number of pyridine rings is 1. The molecule has 1 spiro atoms. The van der Waals surface area contributed by atoms with Gasteiger partial charge in [0.25, 0.3) is 0 Å². The SMILES string of the molecule is CCc1ccc(CN2CC[C@]3(CCCN(C(=O)CCSC)C3)C2)nc1. The minimum Gasteiger partial charge on any atom is -0.342 e. The van der Waals surface area contributed by atoms with Crippen molar-refractivity contribution in [1.29, 1.82) is 0 Å². The summed E-state index contributed by atoms with van der Waals surface area (Å²) in [6.07, 6.45) is 9.44. The minimum atomic E-state index is 0.316. The normalized spacial score (nSPS) is 24.2. The molecule has 138 valence electrons.